The molecule has 2 saturated heterocycles. The van der Waals surface area contributed by atoms with Crippen molar-refractivity contribution in [2.45, 2.75) is 31.1 Å². The summed E-state index contributed by atoms with van der Waals surface area (Å²) in [5.41, 5.74) is 0.340. The van der Waals surface area contributed by atoms with Crippen LogP contribution in [0.25, 0.3) is 0 Å². The highest BCUT2D eigenvalue weighted by Gasteiger charge is 2.43. The monoisotopic (exact) mass is 334 g/mol. The minimum Gasteiger partial charge on any atom is -0.493 e. The van der Waals surface area contributed by atoms with Gasteiger partial charge in [-0.1, -0.05) is 12.1 Å². The van der Waals surface area contributed by atoms with Crippen molar-refractivity contribution in [3.63, 3.8) is 0 Å². The van der Waals surface area contributed by atoms with Gasteiger partial charge in [0.2, 0.25) is 0 Å². The van der Waals surface area contributed by atoms with Crippen LogP contribution in [0.3, 0.4) is 0 Å². The van der Waals surface area contributed by atoms with E-state index in [0.29, 0.717) is 38.6 Å². The van der Waals surface area contributed by atoms with Crippen LogP contribution >= 0.6 is 0 Å². The van der Waals surface area contributed by atoms with Gasteiger partial charge in [-0.3, -0.25) is 4.79 Å². The van der Waals surface area contributed by atoms with E-state index < -0.39 is 5.41 Å². The van der Waals surface area contributed by atoms with Crippen molar-refractivity contribution in [1.29, 1.82) is 0 Å². The zero-order valence-electron chi connectivity index (χ0n) is 14.3. The lowest BCUT2D eigenvalue weighted by molar-refractivity contribution is -0.151. The minimum absolute atomic E-state index is 0.188. The first kappa shape index (κ1) is 17.2. The second-order valence-electron chi connectivity index (χ2n) is 6.58. The third-order valence-corrected chi connectivity index (χ3v) is 5.14. The predicted octanol–water partition coefficient (Wildman–Crippen LogP) is 2.71. The van der Waals surface area contributed by atoms with Crippen LogP contribution in [-0.2, 0) is 24.4 Å². The maximum atomic E-state index is 12.5. The molecule has 2 fully saturated rings. The zero-order valence-corrected chi connectivity index (χ0v) is 14.3. The molecule has 5 nitrogen and oxygen atoms in total. The molecule has 1 aromatic carbocycles. The standard InChI is InChI=1S/C19H26O5/c1-21-18(20)19(7-11-23-12-8-19)16-3-2-4-17(13-16)24-14-15-5-9-22-10-6-15/h2-4,13,15H,5-12,14H2,1H3. The van der Waals surface area contributed by atoms with Gasteiger partial charge in [-0.05, 0) is 49.3 Å². The fourth-order valence-corrected chi connectivity index (χ4v) is 3.54. The molecular weight excluding hydrogens is 308 g/mol. The Morgan fingerprint density at radius 2 is 1.88 bits per heavy atom. The third kappa shape index (κ3) is 3.73. The predicted molar refractivity (Wildman–Crippen MR) is 89.2 cm³/mol. The van der Waals surface area contributed by atoms with Gasteiger partial charge in [-0.15, -0.1) is 0 Å². The molecule has 0 saturated carbocycles. The first-order valence-corrected chi connectivity index (χ1v) is 8.72. The van der Waals surface area contributed by atoms with E-state index in [2.05, 4.69) is 0 Å². The third-order valence-electron chi connectivity index (χ3n) is 5.14. The Morgan fingerprint density at radius 3 is 2.58 bits per heavy atom. The smallest absolute Gasteiger partial charge is 0.316 e. The molecule has 0 aliphatic carbocycles. The highest BCUT2D eigenvalue weighted by atomic mass is 16.5. The van der Waals surface area contributed by atoms with E-state index in [0.717, 1.165) is 37.4 Å². The second kappa shape index (κ2) is 7.99. The van der Waals surface area contributed by atoms with Crippen LogP contribution in [-0.4, -0.2) is 46.1 Å². The molecule has 3 rings (SSSR count). The van der Waals surface area contributed by atoms with Gasteiger partial charge < -0.3 is 18.9 Å². The van der Waals surface area contributed by atoms with Crippen molar-refractivity contribution >= 4 is 5.97 Å². The number of ether oxygens (including phenoxy) is 4. The maximum Gasteiger partial charge on any atom is 0.316 e. The van der Waals surface area contributed by atoms with E-state index in [1.165, 1.54) is 7.11 Å². The van der Waals surface area contributed by atoms with E-state index in [4.69, 9.17) is 18.9 Å². The molecule has 1 aromatic rings. The lowest BCUT2D eigenvalue weighted by Crippen LogP contribution is -2.42. The fraction of sp³-hybridized carbons (Fsp3) is 0.632. The molecule has 5 heteroatoms. The number of hydrogen-bond acceptors (Lipinski definition) is 5. The highest BCUT2D eigenvalue weighted by molar-refractivity contribution is 5.83. The van der Waals surface area contributed by atoms with Crippen LogP contribution in [0.5, 0.6) is 5.75 Å². The van der Waals surface area contributed by atoms with Crippen LogP contribution < -0.4 is 4.74 Å². The SMILES string of the molecule is COC(=O)C1(c2cccc(OCC3CCOCC3)c2)CCOCC1. The second-order valence-corrected chi connectivity index (χ2v) is 6.58. The summed E-state index contributed by atoms with van der Waals surface area (Å²) in [6, 6.07) is 7.88. The molecule has 0 bridgehead atoms. The topological polar surface area (TPSA) is 54.0 Å². The molecular formula is C19H26O5. The average molecular weight is 334 g/mol. The summed E-state index contributed by atoms with van der Waals surface area (Å²) in [5.74, 6) is 1.17. The Kier molecular flexibility index (Phi) is 5.74. The van der Waals surface area contributed by atoms with Gasteiger partial charge >= 0.3 is 5.97 Å². The molecule has 0 aromatic heterocycles. The van der Waals surface area contributed by atoms with Gasteiger partial charge in [0, 0.05) is 26.4 Å². The molecule has 0 N–H and O–H groups in total. The van der Waals surface area contributed by atoms with Gasteiger partial charge in [0.1, 0.15) is 5.75 Å². The molecule has 0 radical (unpaired) electrons. The lowest BCUT2D eigenvalue weighted by atomic mass is 9.74. The number of carbonyl (C=O) groups excluding carboxylic acids is 1. The number of carbonyl (C=O) groups is 1. The normalized spacial score (nSPS) is 21.2. The van der Waals surface area contributed by atoms with E-state index in [1.54, 1.807) is 0 Å². The van der Waals surface area contributed by atoms with E-state index >= 15 is 0 Å². The molecule has 2 aliphatic rings. The summed E-state index contributed by atoms with van der Waals surface area (Å²) in [6.45, 7) is 3.48. The van der Waals surface area contributed by atoms with E-state index in [1.807, 2.05) is 24.3 Å². The Labute approximate surface area is 143 Å². The van der Waals surface area contributed by atoms with Gasteiger partial charge in [0.15, 0.2) is 0 Å². The molecule has 0 spiro atoms. The Balaban J connectivity index is 1.73. The van der Waals surface area contributed by atoms with Crippen molar-refractivity contribution in [2.75, 3.05) is 40.1 Å². The summed E-state index contributed by atoms with van der Waals surface area (Å²) in [6.07, 6.45) is 3.37. The summed E-state index contributed by atoms with van der Waals surface area (Å²) in [5, 5.41) is 0. The Bertz CT molecular complexity index is 544. The molecule has 0 unspecified atom stereocenters. The van der Waals surface area contributed by atoms with Crippen molar-refractivity contribution < 1.29 is 23.7 Å². The summed E-state index contributed by atoms with van der Waals surface area (Å²) >= 11 is 0. The summed E-state index contributed by atoms with van der Waals surface area (Å²) < 4.78 is 21.9. The van der Waals surface area contributed by atoms with Gasteiger partial charge in [0.05, 0.1) is 19.1 Å². The summed E-state index contributed by atoms with van der Waals surface area (Å²) in [7, 11) is 1.45. The van der Waals surface area contributed by atoms with E-state index in [9.17, 15) is 4.79 Å². The van der Waals surface area contributed by atoms with Gasteiger partial charge in [0.25, 0.3) is 0 Å². The Morgan fingerprint density at radius 1 is 1.17 bits per heavy atom. The van der Waals surface area contributed by atoms with Crippen LogP contribution in [0.1, 0.15) is 31.2 Å². The Hall–Kier alpha value is -1.59. The molecule has 24 heavy (non-hydrogen) atoms. The highest BCUT2D eigenvalue weighted by Crippen LogP contribution is 2.37. The molecule has 2 heterocycles. The van der Waals surface area contributed by atoms with Crippen molar-refractivity contribution in [2.24, 2.45) is 5.92 Å². The fourth-order valence-electron chi connectivity index (χ4n) is 3.54. The van der Waals surface area contributed by atoms with Crippen molar-refractivity contribution in [1.82, 2.24) is 0 Å². The number of benzene rings is 1. The number of methoxy groups -OCH3 is 1. The van der Waals surface area contributed by atoms with Crippen LogP contribution in [0, 0.1) is 5.92 Å². The van der Waals surface area contributed by atoms with Gasteiger partial charge in [-0.25, -0.2) is 0 Å². The first-order valence-electron chi connectivity index (χ1n) is 8.72. The lowest BCUT2D eigenvalue weighted by Gasteiger charge is -2.35. The number of hydrogen-bond donors (Lipinski definition) is 0. The summed E-state index contributed by atoms with van der Waals surface area (Å²) in [4.78, 5) is 12.5. The molecule has 0 atom stereocenters. The van der Waals surface area contributed by atoms with Crippen LogP contribution in [0.2, 0.25) is 0 Å². The quantitative estimate of drug-likeness (QED) is 0.775. The first-order chi connectivity index (χ1) is 11.7. The largest absolute Gasteiger partial charge is 0.493 e. The maximum absolute atomic E-state index is 12.5. The molecule has 132 valence electrons. The number of esters is 1. The zero-order chi connectivity index (χ0) is 16.8. The number of rotatable bonds is 5. The van der Waals surface area contributed by atoms with Crippen molar-refractivity contribution in [3.05, 3.63) is 29.8 Å². The van der Waals surface area contributed by atoms with E-state index in [-0.39, 0.29) is 5.97 Å². The van der Waals surface area contributed by atoms with Gasteiger partial charge in [-0.2, -0.15) is 0 Å². The van der Waals surface area contributed by atoms with Crippen molar-refractivity contribution in [3.8, 4) is 5.75 Å². The average Bonchev–Trinajstić information content (AvgIpc) is 2.67. The molecule has 2 aliphatic heterocycles. The molecule has 0 amide bonds. The van der Waals surface area contributed by atoms with Crippen LogP contribution in [0.4, 0.5) is 0 Å². The minimum atomic E-state index is -0.620. The van der Waals surface area contributed by atoms with Crippen LogP contribution in [0.15, 0.2) is 24.3 Å².